The lowest BCUT2D eigenvalue weighted by molar-refractivity contribution is -0.153. The molecule has 2 atom stereocenters. The molecule has 0 unspecified atom stereocenters. The SMILES string of the molecule is CC1(C)CC(=O)[C@H](C[C@@H]2COC(C)(C)CC2=O)CO1. The first kappa shape index (κ1) is 14.7. The van der Waals surface area contributed by atoms with E-state index in [0.717, 1.165) is 0 Å². The molecule has 0 aromatic heterocycles. The Morgan fingerprint density at radius 3 is 1.58 bits per heavy atom. The minimum Gasteiger partial charge on any atom is -0.374 e. The van der Waals surface area contributed by atoms with Crippen molar-refractivity contribution in [2.75, 3.05) is 13.2 Å². The van der Waals surface area contributed by atoms with E-state index in [-0.39, 0.29) is 34.6 Å². The van der Waals surface area contributed by atoms with Gasteiger partial charge < -0.3 is 9.47 Å². The molecule has 2 rings (SSSR count). The quantitative estimate of drug-likeness (QED) is 0.770. The van der Waals surface area contributed by atoms with Crippen molar-refractivity contribution in [1.82, 2.24) is 0 Å². The highest BCUT2D eigenvalue weighted by molar-refractivity contribution is 5.86. The molecule has 2 fully saturated rings. The van der Waals surface area contributed by atoms with Crippen LogP contribution in [0.3, 0.4) is 0 Å². The first-order valence-electron chi connectivity index (χ1n) is 7.02. The Kier molecular flexibility index (Phi) is 3.85. The molecule has 2 aliphatic rings. The lowest BCUT2D eigenvalue weighted by Crippen LogP contribution is -2.44. The first-order valence-corrected chi connectivity index (χ1v) is 7.02. The Hall–Kier alpha value is -0.740. The van der Waals surface area contributed by atoms with E-state index in [1.807, 2.05) is 27.7 Å². The van der Waals surface area contributed by atoms with Gasteiger partial charge in [0.25, 0.3) is 0 Å². The number of ketones is 2. The van der Waals surface area contributed by atoms with Crippen LogP contribution in [0.4, 0.5) is 0 Å². The number of rotatable bonds is 2. The maximum Gasteiger partial charge on any atom is 0.141 e. The van der Waals surface area contributed by atoms with Gasteiger partial charge in [-0.15, -0.1) is 0 Å². The van der Waals surface area contributed by atoms with E-state index >= 15 is 0 Å². The molecule has 108 valence electrons. The molecule has 2 aliphatic heterocycles. The Bertz CT molecular complexity index is 348. The van der Waals surface area contributed by atoms with Gasteiger partial charge in [0.2, 0.25) is 0 Å². The van der Waals surface area contributed by atoms with Crippen LogP contribution >= 0.6 is 0 Å². The van der Waals surface area contributed by atoms with Gasteiger partial charge >= 0.3 is 0 Å². The van der Waals surface area contributed by atoms with Gasteiger partial charge in [-0.1, -0.05) is 0 Å². The summed E-state index contributed by atoms with van der Waals surface area (Å²) in [5.41, 5.74) is -0.717. The molecule has 4 nitrogen and oxygen atoms in total. The van der Waals surface area contributed by atoms with Crippen molar-refractivity contribution in [3.05, 3.63) is 0 Å². The van der Waals surface area contributed by atoms with Crippen molar-refractivity contribution in [2.45, 2.75) is 58.2 Å². The summed E-state index contributed by atoms with van der Waals surface area (Å²) in [6, 6.07) is 0. The topological polar surface area (TPSA) is 52.6 Å². The normalized spacial score (nSPS) is 34.3. The number of carbonyl (C=O) groups excluding carboxylic acids is 2. The first-order chi connectivity index (χ1) is 8.69. The summed E-state index contributed by atoms with van der Waals surface area (Å²) in [6.07, 6.45) is 1.44. The third-order valence-electron chi connectivity index (χ3n) is 4.03. The van der Waals surface area contributed by atoms with E-state index in [0.29, 0.717) is 32.5 Å². The van der Waals surface area contributed by atoms with Gasteiger partial charge in [-0.05, 0) is 34.1 Å². The van der Waals surface area contributed by atoms with Crippen LogP contribution in [-0.2, 0) is 19.1 Å². The third-order valence-corrected chi connectivity index (χ3v) is 4.03. The number of carbonyl (C=O) groups is 2. The van der Waals surface area contributed by atoms with Gasteiger partial charge in [-0.2, -0.15) is 0 Å². The predicted octanol–water partition coefficient (Wildman–Crippen LogP) is 2.14. The molecule has 19 heavy (non-hydrogen) atoms. The zero-order chi connectivity index (χ0) is 14.3. The smallest absolute Gasteiger partial charge is 0.141 e. The minimum absolute atomic E-state index is 0.146. The maximum atomic E-state index is 12.1. The summed E-state index contributed by atoms with van der Waals surface area (Å²) in [7, 11) is 0. The lowest BCUT2D eigenvalue weighted by Gasteiger charge is -2.37. The Labute approximate surface area is 114 Å². The van der Waals surface area contributed by atoms with Crippen LogP contribution in [0, 0.1) is 11.8 Å². The van der Waals surface area contributed by atoms with Crippen molar-refractivity contribution >= 4 is 11.6 Å². The average Bonchev–Trinajstić information content (AvgIpc) is 2.23. The van der Waals surface area contributed by atoms with Gasteiger partial charge in [-0.3, -0.25) is 9.59 Å². The van der Waals surface area contributed by atoms with Gasteiger partial charge in [0.05, 0.1) is 24.4 Å². The predicted molar refractivity (Wildman–Crippen MR) is 70.9 cm³/mol. The van der Waals surface area contributed by atoms with Gasteiger partial charge in [0, 0.05) is 24.7 Å². The summed E-state index contributed by atoms with van der Waals surface area (Å²) >= 11 is 0. The van der Waals surface area contributed by atoms with Crippen LogP contribution in [0.25, 0.3) is 0 Å². The largest absolute Gasteiger partial charge is 0.374 e. The van der Waals surface area contributed by atoms with Crippen LogP contribution in [0.5, 0.6) is 0 Å². The Balaban J connectivity index is 1.92. The minimum atomic E-state index is -0.358. The van der Waals surface area contributed by atoms with Crippen LogP contribution in [-0.4, -0.2) is 36.0 Å². The van der Waals surface area contributed by atoms with Gasteiger partial charge in [-0.25, -0.2) is 0 Å². The second-order valence-electron chi connectivity index (χ2n) is 7.06. The maximum absolute atomic E-state index is 12.1. The van der Waals surface area contributed by atoms with Crippen LogP contribution < -0.4 is 0 Å². The summed E-state index contributed by atoms with van der Waals surface area (Å²) in [4.78, 5) is 24.2. The van der Waals surface area contributed by atoms with Crippen molar-refractivity contribution in [3.8, 4) is 0 Å². The van der Waals surface area contributed by atoms with Crippen LogP contribution in [0.2, 0.25) is 0 Å². The Morgan fingerprint density at radius 2 is 1.26 bits per heavy atom. The molecule has 4 heteroatoms. The Morgan fingerprint density at radius 1 is 0.895 bits per heavy atom. The van der Waals surface area contributed by atoms with E-state index in [9.17, 15) is 9.59 Å². The zero-order valence-corrected chi connectivity index (χ0v) is 12.3. The summed E-state index contributed by atoms with van der Waals surface area (Å²) in [5, 5.41) is 0. The third kappa shape index (κ3) is 3.63. The molecular formula is C15H24O4. The lowest BCUT2D eigenvalue weighted by atomic mass is 9.80. The van der Waals surface area contributed by atoms with E-state index in [1.54, 1.807) is 0 Å². The molecule has 0 aromatic carbocycles. The number of hydrogen-bond donors (Lipinski definition) is 0. The fraction of sp³-hybridized carbons (Fsp3) is 0.867. The highest BCUT2D eigenvalue weighted by Gasteiger charge is 2.39. The molecule has 2 saturated heterocycles. The summed E-state index contributed by atoms with van der Waals surface area (Å²) in [6.45, 7) is 8.58. The highest BCUT2D eigenvalue weighted by atomic mass is 16.5. The molecule has 0 aliphatic carbocycles. The molecular weight excluding hydrogens is 244 g/mol. The molecule has 2 heterocycles. The molecule has 0 radical (unpaired) electrons. The van der Waals surface area contributed by atoms with Crippen LogP contribution in [0.15, 0.2) is 0 Å². The molecule has 0 spiro atoms. The molecule has 0 bridgehead atoms. The standard InChI is InChI=1S/C15H24O4/c1-14(2)6-12(16)10(8-18-14)5-11-9-19-15(3,4)7-13(11)17/h10-11H,5-9H2,1-4H3/t10-,11-/m1/s1. The van der Waals surface area contributed by atoms with E-state index < -0.39 is 0 Å². The van der Waals surface area contributed by atoms with E-state index in [1.165, 1.54) is 0 Å². The van der Waals surface area contributed by atoms with Gasteiger partial charge in [0.1, 0.15) is 11.6 Å². The van der Waals surface area contributed by atoms with Crippen molar-refractivity contribution in [2.24, 2.45) is 11.8 Å². The summed E-state index contributed by atoms with van der Waals surface area (Å²) in [5.74, 6) is 0.140. The highest BCUT2D eigenvalue weighted by Crippen LogP contribution is 2.32. The fourth-order valence-electron chi connectivity index (χ4n) is 2.81. The second kappa shape index (κ2) is 4.98. The van der Waals surface area contributed by atoms with E-state index in [2.05, 4.69) is 0 Å². The van der Waals surface area contributed by atoms with Crippen molar-refractivity contribution in [3.63, 3.8) is 0 Å². The van der Waals surface area contributed by atoms with Crippen molar-refractivity contribution in [1.29, 1.82) is 0 Å². The second-order valence-corrected chi connectivity index (χ2v) is 7.06. The molecule has 0 amide bonds. The number of ether oxygens (including phenoxy) is 2. The molecule has 0 N–H and O–H groups in total. The number of hydrogen-bond acceptors (Lipinski definition) is 4. The van der Waals surface area contributed by atoms with Crippen LogP contribution in [0.1, 0.15) is 47.0 Å². The van der Waals surface area contributed by atoms with Crippen molar-refractivity contribution < 1.29 is 19.1 Å². The van der Waals surface area contributed by atoms with E-state index in [4.69, 9.17) is 9.47 Å². The molecule has 0 saturated carbocycles. The fourth-order valence-corrected chi connectivity index (χ4v) is 2.81. The average molecular weight is 268 g/mol. The zero-order valence-electron chi connectivity index (χ0n) is 12.3. The summed E-state index contributed by atoms with van der Waals surface area (Å²) < 4.78 is 11.4. The monoisotopic (exact) mass is 268 g/mol. The van der Waals surface area contributed by atoms with Gasteiger partial charge in [0.15, 0.2) is 0 Å². The molecule has 0 aromatic rings. The number of Topliss-reactive ketones (excluding diaryl/α,β-unsaturated/α-hetero) is 2.